The summed E-state index contributed by atoms with van der Waals surface area (Å²) in [6.45, 7) is 0.734. The molecule has 1 aromatic carbocycles. The molecule has 1 amide bonds. The van der Waals surface area contributed by atoms with Crippen molar-refractivity contribution in [1.29, 1.82) is 0 Å². The van der Waals surface area contributed by atoms with Gasteiger partial charge in [0.1, 0.15) is 19.0 Å². The first-order chi connectivity index (χ1) is 17.2. The maximum Gasteiger partial charge on any atom is 0.343 e. The maximum absolute atomic E-state index is 14.7. The van der Waals surface area contributed by atoms with Gasteiger partial charge in [-0.15, -0.1) is 0 Å². The van der Waals surface area contributed by atoms with E-state index in [1.54, 1.807) is 13.0 Å². The van der Waals surface area contributed by atoms with Crippen LogP contribution in [0.15, 0.2) is 23.3 Å². The number of carbonyl (C=O) groups excluding carboxylic acids is 3. The van der Waals surface area contributed by atoms with Crippen LogP contribution in [0.2, 0.25) is 5.02 Å². The molecule has 0 saturated carbocycles. The number of rotatable bonds is 3. The third-order valence-electron chi connectivity index (χ3n) is 7.86. The van der Waals surface area contributed by atoms with Crippen LogP contribution in [-0.4, -0.2) is 51.7 Å². The summed E-state index contributed by atoms with van der Waals surface area (Å²) in [5, 5.41) is 23.9. The molecule has 2 unspecified atom stereocenters. The Morgan fingerprint density at radius 3 is 2.86 bits per heavy atom. The first-order valence-corrected chi connectivity index (χ1v) is 12.2. The zero-order valence-corrected chi connectivity index (χ0v) is 20.0. The number of ether oxygens (including phenoxy) is 1. The van der Waals surface area contributed by atoms with Crippen LogP contribution >= 0.6 is 11.6 Å². The van der Waals surface area contributed by atoms with Gasteiger partial charge in [-0.1, -0.05) is 18.5 Å². The molecule has 0 bridgehead atoms. The number of benzene rings is 1. The standard InChI is InChI=1S/C26H22ClFN2O6/c1-2-26(35)15-6-11-12(24(33)14(15)9-36-25(26)34)5-13-21-17(29-19(32)8-31)4-3-10-20(21)18(30-23(11)13)7-16(28)22(10)27/h6-7,12,17,31,35H,2-5,8-9H2,1H3,(H,29,32)/t12?,17?,26-/m0/s1. The van der Waals surface area contributed by atoms with Gasteiger partial charge < -0.3 is 20.3 Å². The summed E-state index contributed by atoms with van der Waals surface area (Å²) < 4.78 is 19.9. The minimum absolute atomic E-state index is 0.00365. The van der Waals surface area contributed by atoms with E-state index in [4.69, 9.17) is 21.3 Å². The number of pyridine rings is 1. The van der Waals surface area contributed by atoms with Crippen molar-refractivity contribution in [2.24, 2.45) is 5.92 Å². The van der Waals surface area contributed by atoms with E-state index in [-0.39, 0.29) is 41.4 Å². The molecule has 3 atom stereocenters. The van der Waals surface area contributed by atoms with E-state index in [9.17, 15) is 29.0 Å². The first kappa shape index (κ1) is 23.3. The van der Waals surface area contributed by atoms with E-state index < -0.39 is 41.9 Å². The van der Waals surface area contributed by atoms with Gasteiger partial charge in [-0.2, -0.15) is 0 Å². The van der Waals surface area contributed by atoms with Crippen LogP contribution in [0.25, 0.3) is 16.5 Å². The Morgan fingerprint density at radius 2 is 2.14 bits per heavy atom. The molecule has 2 aromatic rings. The number of aromatic nitrogens is 1. The summed E-state index contributed by atoms with van der Waals surface area (Å²) in [5.74, 6) is -2.84. The van der Waals surface area contributed by atoms with Gasteiger partial charge in [0.05, 0.1) is 28.2 Å². The van der Waals surface area contributed by atoms with Gasteiger partial charge in [0.15, 0.2) is 11.4 Å². The Hall–Kier alpha value is -3.14. The van der Waals surface area contributed by atoms with Crippen LogP contribution in [-0.2, 0) is 32.0 Å². The lowest BCUT2D eigenvalue weighted by atomic mass is 9.75. The zero-order valence-electron chi connectivity index (χ0n) is 19.3. The van der Waals surface area contributed by atoms with E-state index in [1.807, 2.05) is 0 Å². The summed E-state index contributed by atoms with van der Waals surface area (Å²) in [4.78, 5) is 42.9. The average Bonchev–Trinajstić information content (AvgIpc) is 3.24. The molecule has 0 radical (unpaired) electrons. The Balaban J connectivity index is 1.62. The number of ketones is 1. The molecule has 6 rings (SSSR count). The Bertz CT molecular complexity index is 1480. The van der Waals surface area contributed by atoms with Crippen LogP contribution in [0, 0.1) is 11.7 Å². The SMILES string of the molecule is CC[C@@]1(O)C(=O)OCC2=C1C=C1c3nc4cc(F)c(Cl)c5c4c(c3CC1C2=O)C(NC(=O)CO)CC5. The Labute approximate surface area is 209 Å². The number of allylic oxidation sites excluding steroid dienone is 1. The quantitative estimate of drug-likeness (QED) is 0.538. The highest BCUT2D eigenvalue weighted by Gasteiger charge is 2.51. The monoisotopic (exact) mass is 512 g/mol. The second kappa shape index (κ2) is 7.93. The number of cyclic esters (lactones) is 1. The summed E-state index contributed by atoms with van der Waals surface area (Å²) in [6.07, 6.45) is 2.80. The topological polar surface area (TPSA) is 126 Å². The molecule has 10 heteroatoms. The molecule has 0 spiro atoms. The van der Waals surface area contributed by atoms with Crippen molar-refractivity contribution in [2.75, 3.05) is 13.2 Å². The van der Waals surface area contributed by atoms with Gasteiger partial charge >= 0.3 is 5.97 Å². The fourth-order valence-electron chi connectivity index (χ4n) is 6.09. The minimum atomic E-state index is -1.94. The zero-order chi connectivity index (χ0) is 25.5. The number of aliphatic hydroxyl groups excluding tert-OH is 1. The number of fused-ring (bicyclic) bond motifs is 4. The number of aliphatic hydroxyl groups is 2. The van der Waals surface area contributed by atoms with Crippen LogP contribution in [0.1, 0.15) is 48.2 Å². The summed E-state index contributed by atoms with van der Waals surface area (Å²) in [7, 11) is 0. The van der Waals surface area contributed by atoms with Crippen molar-refractivity contribution >= 4 is 45.7 Å². The van der Waals surface area contributed by atoms with Gasteiger partial charge in [-0.3, -0.25) is 9.59 Å². The summed E-state index contributed by atoms with van der Waals surface area (Å²) >= 11 is 6.32. The molecule has 186 valence electrons. The van der Waals surface area contributed by atoms with Crippen molar-refractivity contribution in [3.63, 3.8) is 0 Å². The van der Waals surface area contributed by atoms with E-state index in [1.165, 1.54) is 6.07 Å². The second-order valence-corrected chi connectivity index (χ2v) is 10.00. The molecule has 2 heterocycles. The Kier molecular flexibility index (Phi) is 5.13. The number of hydrogen-bond donors (Lipinski definition) is 3. The normalized spacial score (nSPS) is 26.3. The lowest BCUT2D eigenvalue weighted by Gasteiger charge is -2.35. The van der Waals surface area contributed by atoms with E-state index in [2.05, 4.69) is 5.32 Å². The molecule has 3 aliphatic carbocycles. The van der Waals surface area contributed by atoms with Crippen LogP contribution in [0.3, 0.4) is 0 Å². The lowest BCUT2D eigenvalue weighted by molar-refractivity contribution is -0.163. The Morgan fingerprint density at radius 1 is 1.36 bits per heavy atom. The van der Waals surface area contributed by atoms with Gasteiger partial charge in [0, 0.05) is 22.6 Å². The number of esters is 1. The number of Topliss-reactive ketones (excluding diaryl/α,β-unsaturated/α-hetero) is 1. The molecule has 4 aliphatic rings. The highest BCUT2D eigenvalue weighted by molar-refractivity contribution is 6.32. The molecule has 0 saturated heterocycles. The predicted molar refractivity (Wildman–Crippen MR) is 126 cm³/mol. The molecule has 36 heavy (non-hydrogen) atoms. The van der Waals surface area contributed by atoms with E-state index in [0.717, 1.165) is 5.56 Å². The number of nitrogens with zero attached hydrogens (tertiary/aromatic N) is 1. The average molecular weight is 513 g/mol. The van der Waals surface area contributed by atoms with E-state index >= 15 is 0 Å². The maximum atomic E-state index is 14.7. The number of halogens is 2. The lowest BCUT2D eigenvalue weighted by Crippen LogP contribution is -2.48. The van der Waals surface area contributed by atoms with Gasteiger partial charge in [-0.25, -0.2) is 14.2 Å². The molecule has 1 aliphatic heterocycles. The van der Waals surface area contributed by atoms with Gasteiger partial charge in [-0.05, 0) is 54.0 Å². The molecular formula is C26H22ClFN2O6. The van der Waals surface area contributed by atoms with Gasteiger partial charge in [0.25, 0.3) is 0 Å². The number of aryl methyl sites for hydroxylation is 1. The van der Waals surface area contributed by atoms with Crippen molar-refractivity contribution in [2.45, 2.75) is 44.2 Å². The number of carbonyl (C=O) groups is 3. The minimum Gasteiger partial charge on any atom is -0.458 e. The molecule has 1 aromatic heterocycles. The van der Waals surface area contributed by atoms with Crippen LogP contribution < -0.4 is 5.32 Å². The predicted octanol–water partition coefficient (Wildman–Crippen LogP) is 2.26. The molecule has 8 nitrogen and oxygen atoms in total. The fraction of sp³-hybridized carbons (Fsp3) is 0.385. The number of hydrogen-bond acceptors (Lipinski definition) is 7. The third kappa shape index (κ3) is 2.99. The highest BCUT2D eigenvalue weighted by Crippen LogP contribution is 2.51. The van der Waals surface area contributed by atoms with E-state index in [0.29, 0.717) is 46.1 Å². The molecule has 0 fully saturated rings. The van der Waals surface area contributed by atoms with Crippen molar-refractivity contribution < 1.29 is 33.7 Å². The first-order valence-electron chi connectivity index (χ1n) is 11.8. The molecule has 3 N–H and O–H groups in total. The third-order valence-corrected chi connectivity index (χ3v) is 8.27. The molecular weight excluding hydrogens is 491 g/mol. The van der Waals surface area contributed by atoms with Crippen molar-refractivity contribution in [3.05, 3.63) is 56.5 Å². The largest absolute Gasteiger partial charge is 0.458 e. The van der Waals surface area contributed by atoms with Crippen LogP contribution in [0.4, 0.5) is 4.39 Å². The summed E-state index contributed by atoms with van der Waals surface area (Å²) in [6, 6.07) is 0.749. The van der Waals surface area contributed by atoms with Crippen LogP contribution in [0.5, 0.6) is 0 Å². The second-order valence-electron chi connectivity index (χ2n) is 9.62. The van der Waals surface area contributed by atoms with Crippen molar-refractivity contribution in [1.82, 2.24) is 10.3 Å². The summed E-state index contributed by atoms with van der Waals surface area (Å²) in [5.41, 5.74) is 1.92. The number of nitrogens with one attached hydrogen (secondary N) is 1. The number of amides is 1. The van der Waals surface area contributed by atoms with Crippen molar-refractivity contribution in [3.8, 4) is 0 Å². The highest BCUT2D eigenvalue weighted by atomic mass is 35.5. The smallest absolute Gasteiger partial charge is 0.343 e. The van der Waals surface area contributed by atoms with Gasteiger partial charge in [0.2, 0.25) is 5.91 Å². The fourth-order valence-corrected chi connectivity index (χ4v) is 6.33.